The maximum Gasteiger partial charge on any atom is 1.00 e. The third kappa shape index (κ3) is 2.30. The molecule has 5 atom stereocenters. The van der Waals surface area contributed by atoms with Crippen LogP contribution in [0.25, 0.3) is 0 Å². The van der Waals surface area contributed by atoms with Gasteiger partial charge in [-0.05, 0) is 72.8 Å². The molecule has 2 nitrogen and oxygen atoms in total. The minimum Gasteiger partial charge on any atom is -0.872 e. The van der Waals surface area contributed by atoms with Crippen LogP contribution in [0, 0.1) is 17.3 Å². The SMILES string of the molecule is C[C@]12CCC3c4ccc([O-])cc4CCC3C1CC[C@@H]2O.[Na+]. The van der Waals surface area contributed by atoms with E-state index in [1.165, 1.54) is 30.4 Å². The van der Waals surface area contributed by atoms with Crippen LogP contribution in [-0.4, -0.2) is 11.2 Å². The van der Waals surface area contributed by atoms with Gasteiger partial charge in [0.1, 0.15) is 0 Å². The molecule has 3 aliphatic rings. The van der Waals surface area contributed by atoms with Crippen LogP contribution in [0.4, 0.5) is 0 Å². The van der Waals surface area contributed by atoms with Crippen LogP contribution >= 0.6 is 0 Å². The zero-order valence-corrected chi connectivity index (χ0v) is 15.1. The third-order valence-corrected chi connectivity index (χ3v) is 6.65. The fourth-order valence-corrected chi connectivity index (χ4v) is 5.53. The number of hydrogen-bond donors (Lipinski definition) is 1. The predicted octanol–water partition coefficient (Wildman–Crippen LogP) is -0.0188. The molecule has 1 aromatic rings. The molecule has 3 heteroatoms. The van der Waals surface area contributed by atoms with Gasteiger partial charge in [0.05, 0.1) is 6.10 Å². The Morgan fingerprint density at radius 2 is 2.00 bits per heavy atom. The van der Waals surface area contributed by atoms with Crippen LogP contribution in [0.2, 0.25) is 0 Å². The summed E-state index contributed by atoms with van der Waals surface area (Å²) in [5, 5.41) is 21.9. The molecule has 2 fully saturated rings. The first-order chi connectivity index (χ1) is 9.59. The Morgan fingerprint density at radius 1 is 1.19 bits per heavy atom. The number of aliphatic hydroxyl groups excluding tert-OH is 1. The van der Waals surface area contributed by atoms with E-state index in [9.17, 15) is 10.2 Å². The van der Waals surface area contributed by atoms with Crippen LogP contribution < -0.4 is 34.7 Å². The van der Waals surface area contributed by atoms with Crippen molar-refractivity contribution in [3.05, 3.63) is 29.3 Å². The minimum atomic E-state index is -0.0983. The Kier molecular flexibility index (Phi) is 4.20. The second-order valence-electron chi connectivity index (χ2n) is 7.41. The predicted molar refractivity (Wildman–Crippen MR) is 76.5 cm³/mol. The zero-order valence-electron chi connectivity index (χ0n) is 13.1. The Bertz CT molecular complexity index is 544. The van der Waals surface area contributed by atoms with Crippen molar-refractivity contribution in [3.63, 3.8) is 0 Å². The van der Waals surface area contributed by atoms with Crippen LogP contribution in [0.3, 0.4) is 0 Å². The molecule has 21 heavy (non-hydrogen) atoms. The van der Waals surface area contributed by atoms with Gasteiger partial charge in [0.2, 0.25) is 0 Å². The average molecular weight is 294 g/mol. The van der Waals surface area contributed by atoms with Crippen molar-refractivity contribution >= 4 is 0 Å². The van der Waals surface area contributed by atoms with E-state index in [1.807, 2.05) is 6.07 Å². The van der Waals surface area contributed by atoms with Gasteiger partial charge in [-0.15, -0.1) is 5.75 Å². The van der Waals surface area contributed by atoms with Crippen molar-refractivity contribution < 1.29 is 39.8 Å². The van der Waals surface area contributed by atoms with Crippen molar-refractivity contribution in [2.24, 2.45) is 17.3 Å². The molecule has 0 saturated heterocycles. The summed E-state index contributed by atoms with van der Waals surface area (Å²) in [5.74, 6) is 2.18. The molecule has 0 amide bonds. The summed E-state index contributed by atoms with van der Waals surface area (Å²) in [6.45, 7) is 2.31. The average Bonchev–Trinajstić information content (AvgIpc) is 2.74. The standard InChI is InChI=1S/C18H24O2.Na/c1-18-9-8-14-13-5-3-12(19)10-11(13)2-4-15(14)16(18)6-7-17(18)20;/h3,5,10,14-17,19-20H,2,4,6-9H2,1H3;/q;+1/p-1/t14?,15?,16?,17-,18-;/m0./s1. The molecule has 0 aromatic heterocycles. The summed E-state index contributed by atoms with van der Waals surface area (Å²) in [4.78, 5) is 0. The molecule has 2 saturated carbocycles. The van der Waals surface area contributed by atoms with E-state index < -0.39 is 0 Å². The molecule has 1 N–H and O–H groups in total. The minimum absolute atomic E-state index is 0. The fraction of sp³-hybridized carbons (Fsp3) is 0.667. The van der Waals surface area contributed by atoms with Gasteiger partial charge in [-0.1, -0.05) is 25.1 Å². The molecule has 108 valence electrons. The molecule has 0 bridgehead atoms. The van der Waals surface area contributed by atoms with Gasteiger partial charge in [-0.25, -0.2) is 0 Å². The Balaban J connectivity index is 0.00000132. The smallest absolute Gasteiger partial charge is 0.872 e. The van der Waals surface area contributed by atoms with Crippen LogP contribution in [0.1, 0.15) is 56.1 Å². The van der Waals surface area contributed by atoms with Gasteiger partial charge in [0.15, 0.2) is 0 Å². The summed E-state index contributed by atoms with van der Waals surface area (Å²) in [6.07, 6.45) is 6.64. The maximum atomic E-state index is 11.5. The first kappa shape index (κ1) is 15.9. The molecule has 4 rings (SSSR count). The molecule has 0 spiro atoms. The number of aryl methyl sites for hydroxylation is 1. The monoisotopic (exact) mass is 294 g/mol. The molecular weight excluding hydrogens is 271 g/mol. The zero-order chi connectivity index (χ0) is 13.9. The molecule has 3 unspecified atom stereocenters. The van der Waals surface area contributed by atoms with Crippen molar-refractivity contribution in [3.8, 4) is 5.75 Å². The van der Waals surface area contributed by atoms with Crippen molar-refractivity contribution in [2.45, 2.75) is 57.5 Å². The van der Waals surface area contributed by atoms with Gasteiger partial charge in [-0.2, -0.15) is 0 Å². The Hall–Kier alpha value is -0.0200. The topological polar surface area (TPSA) is 43.3 Å². The van der Waals surface area contributed by atoms with E-state index in [1.54, 1.807) is 6.07 Å². The van der Waals surface area contributed by atoms with Gasteiger partial charge in [0.25, 0.3) is 0 Å². The number of fused-ring (bicyclic) bond motifs is 5. The summed E-state index contributed by atoms with van der Waals surface area (Å²) in [5.41, 5.74) is 2.88. The maximum absolute atomic E-state index is 11.5. The van der Waals surface area contributed by atoms with Gasteiger partial charge < -0.3 is 10.2 Å². The largest absolute Gasteiger partial charge is 1.00 e. The molecule has 0 aliphatic heterocycles. The van der Waals surface area contributed by atoms with E-state index in [0.29, 0.717) is 11.8 Å². The molecule has 3 aliphatic carbocycles. The second-order valence-corrected chi connectivity index (χ2v) is 7.41. The molecule has 0 heterocycles. The fourth-order valence-electron chi connectivity index (χ4n) is 5.53. The summed E-state index contributed by atoms with van der Waals surface area (Å²) < 4.78 is 0. The Morgan fingerprint density at radius 3 is 2.81 bits per heavy atom. The van der Waals surface area contributed by atoms with E-state index >= 15 is 0 Å². The van der Waals surface area contributed by atoms with Gasteiger partial charge in [0, 0.05) is 0 Å². The van der Waals surface area contributed by atoms with Crippen molar-refractivity contribution in [2.75, 3.05) is 0 Å². The molecule has 0 radical (unpaired) electrons. The summed E-state index contributed by atoms with van der Waals surface area (Å²) >= 11 is 0. The normalized spacial score (nSPS) is 40.7. The second kappa shape index (κ2) is 5.56. The summed E-state index contributed by atoms with van der Waals surface area (Å²) in [7, 11) is 0. The first-order valence-corrected chi connectivity index (χ1v) is 8.07. The third-order valence-electron chi connectivity index (χ3n) is 6.65. The first-order valence-electron chi connectivity index (χ1n) is 8.07. The number of hydrogen-bond acceptors (Lipinski definition) is 2. The van der Waals surface area contributed by atoms with Crippen LogP contribution in [0.5, 0.6) is 5.75 Å². The van der Waals surface area contributed by atoms with Crippen molar-refractivity contribution in [1.29, 1.82) is 0 Å². The van der Waals surface area contributed by atoms with Crippen molar-refractivity contribution in [1.82, 2.24) is 0 Å². The van der Waals surface area contributed by atoms with E-state index in [2.05, 4.69) is 13.0 Å². The van der Waals surface area contributed by atoms with E-state index in [0.717, 1.165) is 25.2 Å². The number of aliphatic hydroxyl groups is 1. The number of rotatable bonds is 0. The molecular formula is C18H23NaO2. The van der Waals surface area contributed by atoms with Gasteiger partial charge in [-0.3, -0.25) is 0 Å². The van der Waals surface area contributed by atoms with E-state index in [4.69, 9.17) is 0 Å². The van der Waals surface area contributed by atoms with Crippen LogP contribution in [0.15, 0.2) is 18.2 Å². The number of benzene rings is 1. The Labute approximate surface area is 149 Å². The summed E-state index contributed by atoms with van der Waals surface area (Å²) in [6, 6.07) is 5.67. The van der Waals surface area contributed by atoms with E-state index in [-0.39, 0.29) is 46.8 Å². The quantitative estimate of drug-likeness (QED) is 0.684. The molecule has 1 aromatic carbocycles. The van der Waals surface area contributed by atoms with Gasteiger partial charge >= 0.3 is 29.6 Å². The van der Waals surface area contributed by atoms with Crippen LogP contribution in [-0.2, 0) is 6.42 Å².